The zero-order valence-corrected chi connectivity index (χ0v) is 13.8. The standard InChI is InChI=1S/C18H16N4O3/c1-12-9-18(20-17-8-5-14(22(23)24)10-16(12)17)21-19-11-13-3-6-15(25-2)7-4-13/h3-11H,1-2H3,(H,20,21)/b19-11+. The summed E-state index contributed by atoms with van der Waals surface area (Å²) in [4.78, 5) is 14.9. The van der Waals surface area contributed by atoms with Crippen molar-refractivity contribution in [2.45, 2.75) is 6.92 Å². The number of rotatable bonds is 5. The number of hydrazone groups is 1. The van der Waals surface area contributed by atoms with Crippen LogP contribution in [-0.2, 0) is 0 Å². The third-order valence-corrected chi connectivity index (χ3v) is 3.72. The molecule has 0 unspecified atom stereocenters. The van der Waals surface area contributed by atoms with Crippen LogP contribution in [0.15, 0.2) is 53.6 Å². The van der Waals surface area contributed by atoms with Gasteiger partial charge in [-0.15, -0.1) is 0 Å². The van der Waals surface area contributed by atoms with Gasteiger partial charge in [-0.2, -0.15) is 5.10 Å². The summed E-state index contributed by atoms with van der Waals surface area (Å²) in [5, 5.41) is 15.8. The van der Waals surface area contributed by atoms with Crippen molar-refractivity contribution in [3.8, 4) is 5.75 Å². The van der Waals surface area contributed by atoms with Crippen molar-refractivity contribution in [1.82, 2.24) is 4.98 Å². The van der Waals surface area contributed by atoms with Gasteiger partial charge >= 0.3 is 0 Å². The van der Waals surface area contributed by atoms with Crippen molar-refractivity contribution < 1.29 is 9.66 Å². The summed E-state index contributed by atoms with van der Waals surface area (Å²) in [6, 6.07) is 13.9. The lowest BCUT2D eigenvalue weighted by molar-refractivity contribution is -0.384. The van der Waals surface area contributed by atoms with Crippen LogP contribution in [0, 0.1) is 17.0 Å². The van der Waals surface area contributed by atoms with Crippen molar-refractivity contribution in [2.75, 3.05) is 12.5 Å². The summed E-state index contributed by atoms with van der Waals surface area (Å²) in [5.74, 6) is 1.36. The van der Waals surface area contributed by atoms with E-state index in [0.29, 0.717) is 11.3 Å². The second kappa shape index (κ2) is 6.96. The summed E-state index contributed by atoms with van der Waals surface area (Å²) in [5.41, 5.74) is 5.41. The first-order valence-electron chi connectivity index (χ1n) is 7.56. The van der Waals surface area contributed by atoms with Crippen LogP contribution in [0.3, 0.4) is 0 Å². The van der Waals surface area contributed by atoms with Crippen molar-refractivity contribution in [3.05, 3.63) is 69.8 Å². The van der Waals surface area contributed by atoms with E-state index in [1.54, 1.807) is 25.5 Å². The largest absolute Gasteiger partial charge is 0.497 e. The predicted octanol–water partition coefficient (Wildman–Crippen LogP) is 3.91. The van der Waals surface area contributed by atoms with Gasteiger partial charge in [-0.3, -0.25) is 15.5 Å². The Morgan fingerprint density at radius 2 is 1.96 bits per heavy atom. The third kappa shape index (κ3) is 3.72. The number of non-ortho nitro benzene ring substituents is 1. The Bertz CT molecular complexity index is 952. The van der Waals surface area contributed by atoms with E-state index in [1.807, 2.05) is 31.2 Å². The van der Waals surface area contributed by atoms with Gasteiger partial charge in [0.25, 0.3) is 5.69 Å². The molecule has 0 aliphatic carbocycles. The molecule has 0 saturated heterocycles. The number of nitrogens with zero attached hydrogens (tertiary/aromatic N) is 3. The molecule has 1 aromatic heterocycles. The number of nitrogens with one attached hydrogen (secondary N) is 1. The molecule has 3 rings (SSSR count). The molecule has 1 N–H and O–H groups in total. The summed E-state index contributed by atoms with van der Waals surface area (Å²) >= 11 is 0. The number of fused-ring (bicyclic) bond motifs is 1. The van der Waals surface area contributed by atoms with Crippen LogP contribution in [0.5, 0.6) is 5.75 Å². The van der Waals surface area contributed by atoms with Gasteiger partial charge in [0.05, 0.1) is 23.8 Å². The zero-order valence-electron chi connectivity index (χ0n) is 13.8. The highest BCUT2D eigenvalue weighted by molar-refractivity contribution is 5.86. The van der Waals surface area contributed by atoms with Gasteiger partial charge in [0, 0.05) is 17.5 Å². The molecule has 25 heavy (non-hydrogen) atoms. The predicted molar refractivity (Wildman–Crippen MR) is 97.3 cm³/mol. The minimum atomic E-state index is -0.413. The maximum Gasteiger partial charge on any atom is 0.270 e. The van der Waals surface area contributed by atoms with Gasteiger partial charge in [0.1, 0.15) is 11.6 Å². The molecule has 0 aliphatic rings. The lowest BCUT2D eigenvalue weighted by Gasteiger charge is -2.06. The maximum atomic E-state index is 10.9. The molecule has 3 aromatic rings. The number of hydrogen-bond acceptors (Lipinski definition) is 6. The average Bonchev–Trinajstić information content (AvgIpc) is 2.62. The number of hydrogen-bond donors (Lipinski definition) is 1. The van der Waals surface area contributed by atoms with Crippen LogP contribution in [0.2, 0.25) is 0 Å². The molecule has 0 atom stereocenters. The fourth-order valence-corrected chi connectivity index (χ4v) is 2.42. The lowest BCUT2D eigenvalue weighted by atomic mass is 10.1. The van der Waals surface area contributed by atoms with Crippen LogP contribution in [0.1, 0.15) is 11.1 Å². The van der Waals surface area contributed by atoms with Gasteiger partial charge in [-0.05, 0) is 54.4 Å². The first-order valence-corrected chi connectivity index (χ1v) is 7.56. The molecule has 2 aromatic carbocycles. The van der Waals surface area contributed by atoms with E-state index in [1.165, 1.54) is 12.1 Å². The number of benzene rings is 2. The highest BCUT2D eigenvalue weighted by Gasteiger charge is 2.09. The van der Waals surface area contributed by atoms with Crippen LogP contribution in [0.4, 0.5) is 11.5 Å². The molecule has 0 aliphatic heterocycles. The van der Waals surface area contributed by atoms with Gasteiger partial charge in [-0.25, -0.2) is 4.98 Å². The summed E-state index contributed by atoms with van der Waals surface area (Å²) < 4.78 is 5.11. The van der Waals surface area contributed by atoms with Crippen molar-refractivity contribution in [1.29, 1.82) is 0 Å². The van der Waals surface area contributed by atoms with E-state index in [0.717, 1.165) is 22.3 Å². The Hall–Kier alpha value is -3.48. The summed E-state index contributed by atoms with van der Waals surface area (Å²) in [6.45, 7) is 1.88. The quantitative estimate of drug-likeness (QED) is 0.433. The molecule has 0 radical (unpaired) electrons. The Morgan fingerprint density at radius 3 is 2.64 bits per heavy atom. The number of aryl methyl sites for hydroxylation is 1. The Morgan fingerprint density at radius 1 is 1.20 bits per heavy atom. The topological polar surface area (TPSA) is 89.6 Å². The molecular weight excluding hydrogens is 320 g/mol. The average molecular weight is 336 g/mol. The SMILES string of the molecule is COc1ccc(/C=N/Nc2cc(C)c3cc([N+](=O)[O-])ccc3n2)cc1. The molecule has 0 saturated carbocycles. The normalized spacial score (nSPS) is 11.0. The van der Waals surface area contributed by atoms with E-state index in [-0.39, 0.29) is 5.69 Å². The molecule has 1 heterocycles. The summed E-state index contributed by atoms with van der Waals surface area (Å²) in [6.07, 6.45) is 1.68. The van der Waals surface area contributed by atoms with Crippen molar-refractivity contribution >= 4 is 28.6 Å². The Labute approximate surface area is 144 Å². The van der Waals surface area contributed by atoms with Crippen LogP contribution in [0.25, 0.3) is 10.9 Å². The van der Waals surface area contributed by atoms with Gasteiger partial charge in [0.2, 0.25) is 0 Å². The molecule has 0 bridgehead atoms. The molecule has 126 valence electrons. The fourth-order valence-electron chi connectivity index (χ4n) is 2.42. The van der Waals surface area contributed by atoms with E-state index in [4.69, 9.17) is 4.74 Å². The number of nitro groups is 1. The van der Waals surface area contributed by atoms with Crippen LogP contribution in [-0.4, -0.2) is 23.2 Å². The van der Waals surface area contributed by atoms with E-state index in [9.17, 15) is 10.1 Å². The molecule has 0 spiro atoms. The minimum Gasteiger partial charge on any atom is -0.497 e. The second-order valence-corrected chi connectivity index (χ2v) is 5.43. The maximum absolute atomic E-state index is 10.9. The lowest BCUT2D eigenvalue weighted by Crippen LogP contribution is -1.96. The van der Waals surface area contributed by atoms with E-state index < -0.39 is 4.92 Å². The van der Waals surface area contributed by atoms with Gasteiger partial charge in [0.15, 0.2) is 0 Å². The van der Waals surface area contributed by atoms with Gasteiger partial charge in [-0.1, -0.05) is 0 Å². The van der Waals surface area contributed by atoms with Gasteiger partial charge < -0.3 is 4.74 Å². The first kappa shape index (κ1) is 16.4. The zero-order chi connectivity index (χ0) is 17.8. The highest BCUT2D eigenvalue weighted by Crippen LogP contribution is 2.24. The fraction of sp³-hybridized carbons (Fsp3) is 0.111. The van der Waals surface area contributed by atoms with E-state index >= 15 is 0 Å². The third-order valence-electron chi connectivity index (χ3n) is 3.72. The number of pyridine rings is 1. The van der Waals surface area contributed by atoms with Crippen LogP contribution >= 0.6 is 0 Å². The molecule has 7 nitrogen and oxygen atoms in total. The molecule has 0 fully saturated rings. The van der Waals surface area contributed by atoms with Crippen molar-refractivity contribution in [2.24, 2.45) is 5.10 Å². The monoisotopic (exact) mass is 336 g/mol. The number of aromatic nitrogens is 1. The number of methoxy groups -OCH3 is 1. The first-order chi connectivity index (χ1) is 12.1. The van der Waals surface area contributed by atoms with Crippen LogP contribution < -0.4 is 10.2 Å². The molecular formula is C18H16N4O3. The number of ether oxygens (including phenoxy) is 1. The number of anilines is 1. The van der Waals surface area contributed by atoms with E-state index in [2.05, 4.69) is 15.5 Å². The Kier molecular flexibility index (Phi) is 4.56. The smallest absolute Gasteiger partial charge is 0.270 e. The number of nitro benzene ring substituents is 1. The molecule has 7 heteroatoms. The Balaban J connectivity index is 1.80. The minimum absolute atomic E-state index is 0.0515. The molecule has 0 amide bonds. The van der Waals surface area contributed by atoms with Crippen molar-refractivity contribution in [3.63, 3.8) is 0 Å². The second-order valence-electron chi connectivity index (χ2n) is 5.43. The summed E-state index contributed by atoms with van der Waals surface area (Å²) in [7, 11) is 1.62. The highest BCUT2D eigenvalue weighted by atomic mass is 16.6.